The third kappa shape index (κ3) is 3.83. The van der Waals surface area contributed by atoms with Gasteiger partial charge in [-0.1, -0.05) is 61.0 Å². The van der Waals surface area contributed by atoms with E-state index in [0.29, 0.717) is 11.0 Å². The Morgan fingerprint density at radius 3 is 2.71 bits per heavy atom. The van der Waals surface area contributed by atoms with E-state index in [1.165, 1.54) is 16.9 Å². The second-order valence-corrected chi connectivity index (χ2v) is 7.71. The smallest absolute Gasteiger partial charge is 0.240 e. The minimum absolute atomic E-state index is 0.0359. The van der Waals surface area contributed by atoms with Crippen LogP contribution in [0.25, 0.3) is 10.2 Å². The van der Waals surface area contributed by atoms with E-state index < -0.39 is 0 Å². The molecule has 0 saturated heterocycles. The van der Waals surface area contributed by atoms with Crippen molar-refractivity contribution in [2.45, 2.75) is 44.9 Å². The fourth-order valence-electron chi connectivity index (χ4n) is 2.01. The molecule has 3 nitrogen and oxygen atoms in total. The topological polar surface area (TPSA) is 42.0 Å². The van der Waals surface area contributed by atoms with Crippen molar-refractivity contribution in [1.82, 2.24) is 4.98 Å². The molecule has 0 spiro atoms. The molecule has 0 aliphatic carbocycles. The van der Waals surface area contributed by atoms with Crippen LogP contribution in [0.1, 0.15) is 45.6 Å². The number of rotatable bonds is 5. The van der Waals surface area contributed by atoms with Crippen molar-refractivity contribution in [2.75, 3.05) is 5.32 Å². The van der Waals surface area contributed by atoms with E-state index in [2.05, 4.69) is 52.2 Å². The molecule has 0 saturated carbocycles. The van der Waals surface area contributed by atoms with Gasteiger partial charge in [-0.2, -0.15) is 0 Å². The average Bonchev–Trinajstić information content (AvgIpc) is 2.86. The van der Waals surface area contributed by atoms with Crippen LogP contribution in [0, 0.1) is 5.92 Å². The molecule has 21 heavy (non-hydrogen) atoms. The molecule has 5 heteroatoms. The van der Waals surface area contributed by atoms with E-state index in [0.717, 1.165) is 16.6 Å². The number of amides is 1. The Kier molecular flexibility index (Phi) is 5.38. The summed E-state index contributed by atoms with van der Waals surface area (Å²) in [7, 11) is 0. The maximum Gasteiger partial charge on any atom is 0.240 e. The van der Waals surface area contributed by atoms with E-state index in [1.54, 1.807) is 0 Å². The number of carbonyl (C=O) groups is 1. The van der Waals surface area contributed by atoms with Crippen LogP contribution in [0.15, 0.2) is 18.2 Å². The van der Waals surface area contributed by atoms with Crippen molar-refractivity contribution in [2.24, 2.45) is 5.92 Å². The number of fused-ring (bicyclic) bond motifs is 1. The molecular formula is C16H21BrN2OS. The maximum atomic E-state index is 12.1. The predicted molar refractivity (Wildman–Crippen MR) is 94.5 cm³/mol. The summed E-state index contributed by atoms with van der Waals surface area (Å²) in [5.41, 5.74) is 2.27. The SMILES string of the molecule is CC[C@H](C)c1ccc2nc(NC(=O)[C@H](Br)C(C)C)sc2c1. The molecule has 0 unspecified atom stereocenters. The van der Waals surface area contributed by atoms with Crippen molar-refractivity contribution in [3.8, 4) is 0 Å². The van der Waals surface area contributed by atoms with Gasteiger partial charge >= 0.3 is 0 Å². The fourth-order valence-corrected chi connectivity index (χ4v) is 3.05. The molecule has 2 aromatic rings. The highest BCUT2D eigenvalue weighted by Crippen LogP contribution is 2.30. The lowest BCUT2D eigenvalue weighted by Gasteiger charge is -2.11. The van der Waals surface area contributed by atoms with Gasteiger partial charge in [-0.3, -0.25) is 4.79 Å². The molecule has 1 aromatic heterocycles. The number of hydrogen-bond donors (Lipinski definition) is 1. The summed E-state index contributed by atoms with van der Waals surface area (Å²) in [5, 5.41) is 3.56. The molecule has 1 heterocycles. The first-order valence-corrected chi connectivity index (χ1v) is 9.01. The summed E-state index contributed by atoms with van der Waals surface area (Å²) in [6.07, 6.45) is 1.12. The lowest BCUT2D eigenvalue weighted by molar-refractivity contribution is -0.116. The number of halogens is 1. The van der Waals surface area contributed by atoms with Crippen LogP contribution in [0.5, 0.6) is 0 Å². The molecule has 0 aliphatic rings. The molecular weight excluding hydrogens is 348 g/mol. The zero-order valence-electron chi connectivity index (χ0n) is 12.8. The zero-order valence-corrected chi connectivity index (χ0v) is 15.2. The summed E-state index contributed by atoms with van der Waals surface area (Å²) in [5.74, 6) is 0.755. The molecule has 0 bridgehead atoms. The predicted octanol–water partition coefficient (Wildman–Crippen LogP) is 5.17. The number of alkyl halides is 1. The largest absolute Gasteiger partial charge is 0.301 e. The number of aromatic nitrogens is 1. The highest BCUT2D eigenvalue weighted by molar-refractivity contribution is 9.10. The lowest BCUT2D eigenvalue weighted by atomic mass is 9.99. The highest BCUT2D eigenvalue weighted by Gasteiger charge is 2.20. The minimum Gasteiger partial charge on any atom is -0.301 e. The quantitative estimate of drug-likeness (QED) is 0.739. The number of benzene rings is 1. The third-order valence-corrected chi connectivity index (χ3v) is 6.07. The third-order valence-electron chi connectivity index (χ3n) is 3.66. The van der Waals surface area contributed by atoms with Crippen LogP contribution < -0.4 is 5.32 Å². The first-order valence-electron chi connectivity index (χ1n) is 7.27. The average molecular weight is 369 g/mol. The van der Waals surface area contributed by atoms with Crippen LogP contribution in [0.4, 0.5) is 5.13 Å². The Hall–Kier alpha value is -0.940. The van der Waals surface area contributed by atoms with Gasteiger partial charge < -0.3 is 5.32 Å². The number of thiazole rings is 1. The summed E-state index contributed by atoms with van der Waals surface area (Å²) in [4.78, 5) is 16.4. The Labute approximate surface area is 138 Å². The van der Waals surface area contributed by atoms with Gasteiger partial charge in [0, 0.05) is 0 Å². The molecule has 1 aromatic carbocycles. The molecule has 1 N–H and O–H groups in total. The van der Waals surface area contributed by atoms with Crippen molar-refractivity contribution in [3.63, 3.8) is 0 Å². The van der Waals surface area contributed by atoms with Gasteiger partial charge in [0.15, 0.2) is 5.13 Å². The first-order chi connectivity index (χ1) is 9.92. The van der Waals surface area contributed by atoms with Crippen LogP contribution in [0.2, 0.25) is 0 Å². The fraction of sp³-hybridized carbons (Fsp3) is 0.500. The number of anilines is 1. The molecule has 0 fully saturated rings. The Morgan fingerprint density at radius 2 is 2.10 bits per heavy atom. The molecule has 114 valence electrons. The van der Waals surface area contributed by atoms with Gasteiger partial charge in [0.05, 0.1) is 15.0 Å². The van der Waals surface area contributed by atoms with Crippen molar-refractivity contribution >= 4 is 48.5 Å². The second kappa shape index (κ2) is 6.88. The van der Waals surface area contributed by atoms with Crippen LogP contribution in [-0.2, 0) is 4.79 Å². The molecule has 0 aliphatic heterocycles. The maximum absolute atomic E-state index is 12.1. The summed E-state index contributed by atoms with van der Waals surface area (Å²) in [6, 6.07) is 6.35. The van der Waals surface area contributed by atoms with Crippen molar-refractivity contribution in [3.05, 3.63) is 23.8 Å². The van der Waals surface area contributed by atoms with Gasteiger partial charge in [-0.05, 0) is 36.0 Å². The first kappa shape index (κ1) is 16.4. The van der Waals surface area contributed by atoms with E-state index >= 15 is 0 Å². The van der Waals surface area contributed by atoms with Crippen LogP contribution in [0.3, 0.4) is 0 Å². The van der Waals surface area contributed by atoms with Gasteiger partial charge in [-0.15, -0.1) is 0 Å². The Balaban J connectivity index is 2.21. The molecule has 2 atom stereocenters. The number of nitrogens with one attached hydrogen (secondary N) is 1. The van der Waals surface area contributed by atoms with E-state index in [4.69, 9.17) is 0 Å². The molecule has 1 amide bonds. The second-order valence-electron chi connectivity index (χ2n) is 5.69. The zero-order chi connectivity index (χ0) is 15.6. The van der Waals surface area contributed by atoms with Crippen LogP contribution >= 0.6 is 27.3 Å². The van der Waals surface area contributed by atoms with E-state index in [-0.39, 0.29) is 16.7 Å². The van der Waals surface area contributed by atoms with Crippen molar-refractivity contribution in [1.29, 1.82) is 0 Å². The Morgan fingerprint density at radius 1 is 1.38 bits per heavy atom. The van der Waals surface area contributed by atoms with Crippen LogP contribution in [-0.4, -0.2) is 15.7 Å². The number of hydrogen-bond acceptors (Lipinski definition) is 3. The van der Waals surface area contributed by atoms with Gasteiger partial charge in [0.25, 0.3) is 0 Å². The summed E-state index contributed by atoms with van der Waals surface area (Å²) < 4.78 is 1.12. The monoisotopic (exact) mass is 368 g/mol. The molecule has 2 rings (SSSR count). The van der Waals surface area contributed by atoms with E-state index in [9.17, 15) is 4.79 Å². The number of carbonyl (C=O) groups excluding carboxylic acids is 1. The van der Waals surface area contributed by atoms with Gasteiger partial charge in [0.2, 0.25) is 5.91 Å². The lowest BCUT2D eigenvalue weighted by Crippen LogP contribution is -2.26. The number of nitrogens with zero attached hydrogens (tertiary/aromatic N) is 1. The van der Waals surface area contributed by atoms with E-state index in [1.807, 2.05) is 19.9 Å². The highest BCUT2D eigenvalue weighted by atomic mass is 79.9. The minimum atomic E-state index is -0.194. The van der Waals surface area contributed by atoms with Gasteiger partial charge in [-0.25, -0.2) is 4.98 Å². The normalized spacial score (nSPS) is 14.4. The molecule has 0 radical (unpaired) electrons. The standard InChI is InChI=1S/C16H21BrN2OS/c1-5-10(4)11-6-7-12-13(8-11)21-16(18-12)19-15(20)14(17)9(2)3/h6-10,14H,5H2,1-4H3,(H,18,19,20)/t10-,14+/m0/s1. The summed E-state index contributed by atoms with van der Waals surface area (Å²) in [6.45, 7) is 8.43. The Bertz CT molecular complexity index is 638. The van der Waals surface area contributed by atoms with Crippen molar-refractivity contribution < 1.29 is 4.79 Å². The van der Waals surface area contributed by atoms with Gasteiger partial charge in [0.1, 0.15) is 0 Å². The summed E-state index contributed by atoms with van der Waals surface area (Å²) >= 11 is 4.95.